The lowest BCUT2D eigenvalue weighted by molar-refractivity contribution is -0.122. The quantitative estimate of drug-likeness (QED) is 0.789. The molecule has 3 nitrogen and oxygen atoms in total. The van der Waals surface area contributed by atoms with Crippen LogP contribution in [0.4, 0.5) is 0 Å². The number of nitrogens with zero attached hydrogens (tertiary/aromatic N) is 1. The van der Waals surface area contributed by atoms with Crippen LogP contribution < -0.4 is 5.32 Å². The van der Waals surface area contributed by atoms with E-state index in [1.807, 2.05) is 22.9 Å². The van der Waals surface area contributed by atoms with Crippen LogP contribution >= 0.6 is 22.7 Å². The van der Waals surface area contributed by atoms with E-state index in [4.69, 9.17) is 0 Å². The maximum absolute atomic E-state index is 12.1. The molecule has 2 heterocycles. The largest absolute Gasteiger partial charge is 0.356 e. The van der Waals surface area contributed by atoms with Crippen LogP contribution in [0.3, 0.4) is 0 Å². The fraction of sp³-hybridized carbons (Fsp3) is 0.500. The van der Waals surface area contributed by atoms with Crippen molar-refractivity contribution >= 4 is 28.6 Å². The number of thiazole rings is 1. The molecule has 5 heteroatoms. The zero-order chi connectivity index (χ0) is 14.7. The molecule has 1 saturated carbocycles. The Balaban J connectivity index is 1.32. The zero-order valence-corrected chi connectivity index (χ0v) is 13.8. The van der Waals surface area contributed by atoms with Crippen molar-refractivity contribution in [3.8, 4) is 0 Å². The van der Waals surface area contributed by atoms with Crippen molar-refractivity contribution in [2.45, 2.75) is 38.5 Å². The smallest absolute Gasteiger partial charge is 0.223 e. The van der Waals surface area contributed by atoms with Crippen LogP contribution in [0.1, 0.15) is 39.9 Å². The molecule has 1 aliphatic carbocycles. The van der Waals surface area contributed by atoms with Crippen molar-refractivity contribution in [1.29, 1.82) is 0 Å². The number of carbonyl (C=O) groups is 1. The summed E-state index contributed by atoms with van der Waals surface area (Å²) in [5, 5.41) is 6.28. The molecule has 0 saturated heterocycles. The van der Waals surface area contributed by atoms with E-state index >= 15 is 0 Å². The van der Waals surface area contributed by atoms with Crippen LogP contribution in [0, 0.1) is 12.8 Å². The van der Waals surface area contributed by atoms with Crippen molar-refractivity contribution in [1.82, 2.24) is 10.3 Å². The molecule has 21 heavy (non-hydrogen) atoms. The van der Waals surface area contributed by atoms with E-state index in [-0.39, 0.29) is 11.8 Å². The second-order valence-corrected chi connectivity index (χ2v) is 7.87. The first-order valence-electron chi connectivity index (χ1n) is 7.46. The number of aromatic nitrogens is 1. The Hall–Kier alpha value is -1.20. The van der Waals surface area contributed by atoms with Crippen LogP contribution in [0.2, 0.25) is 0 Å². The molecule has 0 unspecified atom stereocenters. The van der Waals surface area contributed by atoms with Gasteiger partial charge in [0.25, 0.3) is 0 Å². The summed E-state index contributed by atoms with van der Waals surface area (Å²) in [6, 6.07) is 4.32. The van der Waals surface area contributed by atoms with Crippen LogP contribution in [-0.4, -0.2) is 17.4 Å². The van der Waals surface area contributed by atoms with Gasteiger partial charge in [0.1, 0.15) is 0 Å². The summed E-state index contributed by atoms with van der Waals surface area (Å²) in [4.78, 5) is 19.0. The first-order chi connectivity index (χ1) is 10.2. The molecular weight excluding hydrogens is 300 g/mol. The summed E-state index contributed by atoms with van der Waals surface area (Å²) in [7, 11) is 0. The summed E-state index contributed by atoms with van der Waals surface area (Å²) in [5.74, 6) is 0.918. The van der Waals surface area contributed by atoms with Crippen molar-refractivity contribution in [2.24, 2.45) is 5.92 Å². The van der Waals surface area contributed by atoms with Crippen LogP contribution in [-0.2, 0) is 11.2 Å². The second kappa shape index (κ2) is 6.71. The van der Waals surface area contributed by atoms with Gasteiger partial charge in [0.2, 0.25) is 5.91 Å². The molecule has 1 aliphatic rings. The van der Waals surface area contributed by atoms with Crippen molar-refractivity contribution in [3.05, 3.63) is 38.5 Å². The monoisotopic (exact) mass is 320 g/mol. The molecule has 112 valence electrons. The molecule has 3 rings (SSSR count). The maximum atomic E-state index is 12.1. The van der Waals surface area contributed by atoms with Gasteiger partial charge in [0.15, 0.2) is 0 Å². The molecule has 0 aliphatic heterocycles. The normalized spacial score (nSPS) is 20.4. The molecule has 0 bridgehead atoms. The number of amides is 1. The molecule has 0 spiro atoms. The third-order valence-corrected chi connectivity index (χ3v) is 5.83. The van der Waals surface area contributed by atoms with Gasteiger partial charge in [0, 0.05) is 39.7 Å². The molecule has 0 aromatic carbocycles. The van der Waals surface area contributed by atoms with Gasteiger partial charge < -0.3 is 5.32 Å². The minimum Gasteiger partial charge on any atom is -0.356 e. The Morgan fingerprint density at radius 1 is 1.43 bits per heavy atom. The first-order valence-corrected chi connectivity index (χ1v) is 9.16. The predicted molar refractivity (Wildman–Crippen MR) is 88.0 cm³/mol. The number of hydrogen-bond acceptors (Lipinski definition) is 4. The SMILES string of the molecule is Cc1ccc([C@@H]2C[C@@H]2C(=O)NCCCCc2nccs2)s1. The van der Waals surface area contributed by atoms with Crippen molar-refractivity contribution in [2.75, 3.05) is 6.54 Å². The summed E-state index contributed by atoms with van der Waals surface area (Å²) in [5.41, 5.74) is 0. The van der Waals surface area contributed by atoms with Crippen molar-refractivity contribution in [3.63, 3.8) is 0 Å². The van der Waals surface area contributed by atoms with Crippen LogP contribution in [0.5, 0.6) is 0 Å². The molecule has 1 fully saturated rings. The predicted octanol–water partition coefficient (Wildman–Crippen LogP) is 3.76. The summed E-state index contributed by atoms with van der Waals surface area (Å²) < 4.78 is 0. The number of unbranched alkanes of at least 4 members (excludes halogenated alkanes) is 1. The van der Waals surface area contributed by atoms with E-state index in [0.717, 1.165) is 32.2 Å². The van der Waals surface area contributed by atoms with Crippen LogP contribution in [0.25, 0.3) is 0 Å². The molecule has 0 radical (unpaired) electrons. The number of aryl methyl sites for hydroxylation is 2. The van der Waals surface area contributed by atoms with Gasteiger partial charge >= 0.3 is 0 Å². The number of thiophene rings is 1. The average molecular weight is 320 g/mol. The molecule has 2 aromatic heterocycles. The highest BCUT2D eigenvalue weighted by molar-refractivity contribution is 7.12. The highest BCUT2D eigenvalue weighted by Crippen LogP contribution is 2.49. The lowest BCUT2D eigenvalue weighted by atomic mass is 10.2. The highest BCUT2D eigenvalue weighted by Gasteiger charge is 2.44. The summed E-state index contributed by atoms with van der Waals surface area (Å²) in [6.45, 7) is 2.91. The minimum atomic E-state index is 0.210. The fourth-order valence-electron chi connectivity index (χ4n) is 2.57. The molecule has 2 atom stereocenters. The second-order valence-electron chi connectivity index (χ2n) is 5.57. The number of nitrogens with one attached hydrogen (secondary N) is 1. The van der Waals surface area contributed by atoms with E-state index in [9.17, 15) is 4.79 Å². The van der Waals surface area contributed by atoms with Gasteiger partial charge in [-0.2, -0.15) is 0 Å². The highest BCUT2D eigenvalue weighted by atomic mass is 32.1. The van der Waals surface area contributed by atoms with Gasteiger partial charge in [-0.25, -0.2) is 4.98 Å². The van der Waals surface area contributed by atoms with E-state index in [0.29, 0.717) is 5.92 Å². The number of carbonyl (C=O) groups excluding carboxylic acids is 1. The Kier molecular flexibility index (Phi) is 4.70. The molecule has 1 N–H and O–H groups in total. The minimum absolute atomic E-state index is 0.210. The summed E-state index contributed by atoms with van der Waals surface area (Å²) >= 11 is 3.53. The first kappa shape index (κ1) is 14.7. The maximum Gasteiger partial charge on any atom is 0.223 e. The standard InChI is InChI=1S/C16H20N2OS2/c1-11-5-6-14(21-11)12-10-13(12)16(19)18-7-3-2-4-15-17-8-9-20-15/h5-6,8-9,12-13H,2-4,7,10H2,1H3,(H,18,19)/t12-,13+/m1/s1. The topological polar surface area (TPSA) is 42.0 Å². The molecular formula is C16H20N2OS2. The van der Waals surface area contributed by atoms with E-state index in [1.165, 1.54) is 14.8 Å². The lowest BCUT2D eigenvalue weighted by Crippen LogP contribution is -2.26. The Bertz CT molecular complexity index is 591. The van der Waals surface area contributed by atoms with Crippen LogP contribution in [0.15, 0.2) is 23.7 Å². The van der Waals surface area contributed by atoms with E-state index in [1.54, 1.807) is 11.3 Å². The number of hydrogen-bond donors (Lipinski definition) is 1. The average Bonchev–Trinajstić information content (AvgIpc) is 2.88. The van der Waals surface area contributed by atoms with Gasteiger partial charge in [-0.3, -0.25) is 4.79 Å². The molecule has 1 amide bonds. The zero-order valence-electron chi connectivity index (χ0n) is 12.2. The van der Waals surface area contributed by atoms with Gasteiger partial charge in [-0.15, -0.1) is 22.7 Å². The van der Waals surface area contributed by atoms with Gasteiger partial charge in [0.05, 0.1) is 5.01 Å². The molecule has 2 aromatic rings. The Morgan fingerprint density at radius 2 is 2.33 bits per heavy atom. The lowest BCUT2D eigenvalue weighted by Gasteiger charge is -2.04. The summed E-state index contributed by atoms with van der Waals surface area (Å²) in [6.07, 6.45) is 6.01. The number of rotatable bonds is 7. The van der Waals surface area contributed by atoms with E-state index < -0.39 is 0 Å². The van der Waals surface area contributed by atoms with Gasteiger partial charge in [-0.05, 0) is 44.7 Å². The van der Waals surface area contributed by atoms with E-state index in [2.05, 4.69) is 29.4 Å². The van der Waals surface area contributed by atoms with Crippen molar-refractivity contribution < 1.29 is 4.79 Å². The third kappa shape index (κ3) is 3.92. The third-order valence-electron chi connectivity index (χ3n) is 3.85. The fourth-order valence-corrected chi connectivity index (χ4v) is 4.29. The Morgan fingerprint density at radius 3 is 3.05 bits per heavy atom. The Labute approximate surface area is 133 Å². The van der Waals surface area contributed by atoms with Gasteiger partial charge in [-0.1, -0.05) is 0 Å².